The standard InChI is InChI=1S/C15H26N2O/c1-5-17(6-2)15-9-7-14(8-10-15)16-11-12-18-13(3)4/h7-10,13,16H,5-6,11-12H2,1-4H3. The molecular formula is C15H26N2O. The van der Waals surface area contributed by atoms with E-state index < -0.39 is 0 Å². The summed E-state index contributed by atoms with van der Waals surface area (Å²) in [7, 11) is 0. The van der Waals surface area contributed by atoms with Crippen molar-refractivity contribution in [2.75, 3.05) is 36.5 Å². The first-order valence-corrected chi connectivity index (χ1v) is 6.87. The van der Waals surface area contributed by atoms with Crippen molar-refractivity contribution in [2.24, 2.45) is 0 Å². The van der Waals surface area contributed by atoms with E-state index in [1.165, 1.54) is 5.69 Å². The van der Waals surface area contributed by atoms with Gasteiger partial charge in [0.1, 0.15) is 0 Å². The maximum atomic E-state index is 5.49. The van der Waals surface area contributed by atoms with Crippen LogP contribution in [0.2, 0.25) is 0 Å². The monoisotopic (exact) mass is 250 g/mol. The molecule has 0 saturated carbocycles. The molecule has 0 aliphatic heterocycles. The normalized spacial score (nSPS) is 10.7. The zero-order valence-corrected chi connectivity index (χ0v) is 12.1. The van der Waals surface area contributed by atoms with Crippen molar-refractivity contribution in [3.8, 4) is 0 Å². The minimum absolute atomic E-state index is 0.303. The van der Waals surface area contributed by atoms with Crippen LogP contribution in [0.25, 0.3) is 0 Å². The second-order valence-electron chi connectivity index (χ2n) is 4.57. The molecule has 1 N–H and O–H groups in total. The van der Waals surface area contributed by atoms with E-state index in [1.54, 1.807) is 0 Å². The van der Waals surface area contributed by atoms with Gasteiger partial charge in [-0.2, -0.15) is 0 Å². The number of hydrogen-bond donors (Lipinski definition) is 1. The van der Waals surface area contributed by atoms with Crippen LogP contribution in [0.4, 0.5) is 11.4 Å². The van der Waals surface area contributed by atoms with E-state index in [0.717, 1.165) is 31.9 Å². The quantitative estimate of drug-likeness (QED) is 0.716. The number of nitrogens with zero attached hydrogens (tertiary/aromatic N) is 1. The van der Waals surface area contributed by atoms with E-state index in [4.69, 9.17) is 4.74 Å². The number of ether oxygens (including phenoxy) is 1. The molecule has 0 aliphatic carbocycles. The first-order valence-electron chi connectivity index (χ1n) is 6.87. The number of rotatable bonds is 8. The summed E-state index contributed by atoms with van der Waals surface area (Å²) in [4.78, 5) is 2.34. The van der Waals surface area contributed by atoms with Gasteiger partial charge in [0.2, 0.25) is 0 Å². The summed E-state index contributed by atoms with van der Waals surface area (Å²) in [6, 6.07) is 8.59. The molecule has 0 saturated heterocycles. The molecule has 0 aromatic heterocycles. The highest BCUT2D eigenvalue weighted by Gasteiger charge is 2.01. The SMILES string of the molecule is CCN(CC)c1ccc(NCCOC(C)C)cc1. The number of nitrogens with one attached hydrogen (secondary N) is 1. The molecule has 3 heteroatoms. The first-order chi connectivity index (χ1) is 8.67. The largest absolute Gasteiger partial charge is 0.383 e. The average Bonchev–Trinajstić information content (AvgIpc) is 2.37. The van der Waals surface area contributed by atoms with Crippen LogP contribution in [-0.4, -0.2) is 32.3 Å². The fourth-order valence-corrected chi connectivity index (χ4v) is 1.87. The second-order valence-corrected chi connectivity index (χ2v) is 4.57. The van der Waals surface area contributed by atoms with Gasteiger partial charge in [-0.1, -0.05) is 0 Å². The smallest absolute Gasteiger partial charge is 0.0642 e. The number of hydrogen-bond acceptors (Lipinski definition) is 3. The Morgan fingerprint density at radius 1 is 1.11 bits per heavy atom. The highest BCUT2D eigenvalue weighted by molar-refractivity contribution is 5.54. The van der Waals surface area contributed by atoms with Crippen LogP contribution in [0.3, 0.4) is 0 Å². The topological polar surface area (TPSA) is 24.5 Å². The van der Waals surface area contributed by atoms with E-state index in [9.17, 15) is 0 Å². The first kappa shape index (κ1) is 14.8. The maximum Gasteiger partial charge on any atom is 0.0642 e. The lowest BCUT2D eigenvalue weighted by molar-refractivity contribution is 0.0870. The van der Waals surface area contributed by atoms with Crippen molar-refractivity contribution in [3.63, 3.8) is 0 Å². The van der Waals surface area contributed by atoms with Crippen LogP contribution >= 0.6 is 0 Å². The molecule has 0 heterocycles. The van der Waals surface area contributed by atoms with E-state index in [0.29, 0.717) is 6.10 Å². The molecule has 0 radical (unpaired) electrons. The van der Waals surface area contributed by atoms with Gasteiger partial charge in [-0.05, 0) is 52.0 Å². The summed E-state index contributed by atoms with van der Waals surface area (Å²) in [6.45, 7) is 12.2. The van der Waals surface area contributed by atoms with Crippen molar-refractivity contribution in [1.82, 2.24) is 0 Å². The summed E-state index contributed by atoms with van der Waals surface area (Å²) < 4.78 is 5.49. The summed E-state index contributed by atoms with van der Waals surface area (Å²) in [5.41, 5.74) is 2.43. The predicted octanol–water partition coefficient (Wildman–Crippen LogP) is 3.37. The molecule has 1 aromatic rings. The molecular weight excluding hydrogens is 224 g/mol. The lowest BCUT2D eigenvalue weighted by Gasteiger charge is -2.21. The van der Waals surface area contributed by atoms with E-state index in [-0.39, 0.29) is 0 Å². The van der Waals surface area contributed by atoms with Gasteiger partial charge in [0.05, 0.1) is 12.7 Å². The third-order valence-electron chi connectivity index (χ3n) is 2.88. The lowest BCUT2D eigenvalue weighted by atomic mass is 10.2. The van der Waals surface area contributed by atoms with Crippen LogP contribution in [-0.2, 0) is 4.74 Å². The number of benzene rings is 1. The number of anilines is 2. The van der Waals surface area contributed by atoms with Gasteiger partial charge in [0, 0.05) is 31.0 Å². The van der Waals surface area contributed by atoms with Gasteiger partial charge in [-0.3, -0.25) is 0 Å². The fraction of sp³-hybridized carbons (Fsp3) is 0.600. The Balaban J connectivity index is 2.40. The predicted molar refractivity (Wildman–Crippen MR) is 79.6 cm³/mol. The highest BCUT2D eigenvalue weighted by Crippen LogP contribution is 2.17. The zero-order chi connectivity index (χ0) is 13.4. The molecule has 0 spiro atoms. The highest BCUT2D eigenvalue weighted by atomic mass is 16.5. The Labute approximate surface area is 111 Å². The molecule has 0 atom stereocenters. The minimum Gasteiger partial charge on any atom is -0.383 e. The Morgan fingerprint density at radius 3 is 2.22 bits per heavy atom. The molecule has 0 aliphatic rings. The Kier molecular flexibility index (Phi) is 6.58. The van der Waals surface area contributed by atoms with Crippen LogP contribution in [0.15, 0.2) is 24.3 Å². The fourth-order valence-electron chi connectivity index (χ4n) is 1.87. The molecule has 0 fully saturated rings. The van der Waals surface area contributed by atoms with Gasteiger partial charge in [0.15, 0.2) is 0 Å². The Bertz CT molecular complexity index is 318. The van der Waals surface area contributed by atoms with Crippen molar-refractivity contribution >= 4 is 11.4 Å². The summed E-state index contributed by atoms with van der Waals surface area (Å²) in [5, 5.41) is 3.36. The van der Waals surface area contributed by atoms with Crippen molar-refractivity contribution in [1.29, 1.82) is 0 Å². The summed E-state index contributed by atoms with van der Waals surface area (Å²) in [5.74, 6) is 0. The summed E-state index contributed by atoms with van der Waals surface area (Å²) in [6.07, 6.45) is 0.303. The molecule has 102 valence electrons. The van der Waals surface area contributed by atoms with Gasteiger partial charge < -0.3 is 15.0 Å². The van der Waals surface area contributed by atoms with Crippen LogP contribution in [0.1, 0.15) is 27.7 Å². The molecule has 1 rings (SSSR count). The Hall–Kier alpha value is -1.22. The van der Waals surface area contributed by atoms with E-state index in [2.05, 4.69) is 62.2 Å². The minimum atomic E-state index is 0.303. The lowest BCUT2D eigenvalue weighted by Crippen LogP contribution is -2.21. The van der Waals surface area contributed by atoms with Crippen LogP contribution < -0.4 is 10.2 Å². The second kappa shape index (κ2) is 7.98. The summed E-state index contributed by atoms with van der Waals surface area (Å²) >= 11 is 0. The van der Waals surface area contributed by atoms with Crippen LogP contribution in [0, 0.1) is 0 Å². The molecule has 0 amide bonds. The molecule has 3 nitrogen and oxygen atoms in total. The third kappa shape index (κ3) is 4.96. The Morgan fingerprint density at radius 2 is 1.72 bits per heavy atom. The van der Waals surface area contributed by atoms with E-state index in [1.807, 2.05) is 0 Å². The van der Waals surface area contributed by atoms with Gasteiger partial charge in [-0.15, -0.1) is 0 Å². The van der Waals surface area contributed by atoms with Crippen molar-refractivity contribution in [2.45, 2.75) is 33.8 Å². The average molecular weight is 250 g/mol. The molecule has 18 heavy (non-hydrogen) atoms. The zero-order valence-electron chi connectivity index (χ0n) is 12.1. The van der Waals surface area contributed by atoms with Crippen molar-refractivity contribution < 1.29 is 4.74 Å². The molecule has 1 aromatic carbocycles. The third-order valence-corrected chi connectivity index (χ3v) is 2.88. The van der Waals surface area contributed by atoms with Gasteiger partial charge in [0.25, 0.3) is 0 Å². The van der Waals surface area contributed by atoms with E-state index >= 15 is 0 Å². The van der Waals surface area contributed by atoms with Crippen LogP contribution in [0.5, 0.6) is 0 Å². The maximum absolute atomic E-state index is 5.49. The van der Waals surface area contributed by atoms with Gasteiger partial charge in [-0.25, -0.2) is 0 Å². The van der Waals surface area contributed by atoms with Gasteiger partial charge >= 0.3 is 0 Å². The van der Waals surface area contributed by atoms with Crippen molar-refractivity contribution in [3.05, 3.63) is 24.3 Å². The molecule has 0 unspecified atom stereocenters. The molecule has 0 bridgehead atoms.